The van der Waals surface area contributed by atoms with E-state index in [1.165, 1.54) is 0 Å². The lowest BCUT2D eigenvalue weighted by molar-refractivity contribution is 0.575. The Morgan fingerprint density at radius 1 is 1.24 bits per heavy atom. The lowest BCUT2D eigenvalue weighted by Crippen LogP contribution is -2.14. The molecule has 114 valence electrons. The molecule has 3 rings (SSSR count). The first-order valence-corrected chi connectivity index (χ1v) is 9.22. The Kier molecular flexibility index (Phi) is 3.47. The Morgan fingerprint density at radius 3 is 2.48 bits per heavy atom. The Morgan fingerprint density at radius 2 is 1.90 bits per heavy atom. The Hall–Kier alpha value is -1.50. The van der Waals surface area contributed by atoms with Gasteiger partial charge in [0, 0.05) is 17.7 Å². The Bertz CT molecular complexity index is 774. The van der Waals surface area contributed by atoms with Gasteiger partial charge < -0.3 is 0 Å². The van der Waals surface area contributed by atoms with Gasteiger partial charge in [-0.15, -0.1) is 0 Å². The minimum absolute atomic E-state index is 0.0840. The molecule has 0 saturated heterocycles. The summed E-state index contributed by atoms with van der Waals surface area (Å²) in [6.07, 6.45) is 7.31. The Balaban J connectivity index is 2.29. The van der Waals surface area contributed by atoms with E-state index < -0.39 is 9.84 Å². The highest BCUT2D eigenvalue weighted by Crippen LogP contribution is 2.34. The van der Waals surface area contributed by atoms with E-state index in [2.05, 4.69) is 28.9 Å². The highest BCUT2D eigenvalue weighted by atomic mass is 32.2. The maximum absolute atomic E-state index is 11.9. The first-order chi connectivity index (χ1) is 9.88. The van der Waals surface area contributed by atoms with Crippen LogP contribution in [0.15, 0.2) is 11.4 Å². The second-order valence-corrected chi connectivity index (χ2v) is 8.02. The number of nitrogens with zero attached hydrogens (tertiary/aromatic N) is 4. The fourth-order valence-electron chi connectivity index (χ4n) is 2.92. The summed E-state index contributed by atoms with van der Waals surface area (Å²) in [6.45, 7) is 4.10. The van der Waals surface area contributed by atoms with Crippen molar-refractivity contribution in [3.8, 4) is 0 Å². The fourth-order valence-corrected chi connectivity index (χ4v) is 3.43. The van der Waals surface area contributed by atoms with E-state index in [4.69, 9.17) is 0 Å². The summed E-state index contributed by atoms with van der Waals surface area (Å²) in [4.78, 5) is 8.59. The molecule has 0 bridgehead atoms. The van der Waals surface area contributed by atoms with Gasteiger partial charge in [0.1, 0.15) is 5.82 Å². The van der Waals surface area contributed by atoms with Crippen LogP contribution in [-0.4, -0.2) is 34.3 Å². The van der Waals surface area contributed by atoms with Gasteiger partial charge in [-0.2, -0.15) is 10.1 Å². The first kappa shape index (κ1) is 14.4. The molecule has 2 heterocycles. The molecule has 0 atom stereocenters. The first-order valence-electron chi connectivity index (χ1n) is 7.33. The van der Waals surface area contributed by atoms with Crippen LogP contribution in [0.4, 0.5) is 0 Å². The molecule has 1 aliphatic carbocycles. The monoisotopic (exact) mass is 308 g/mol. The quantitative estimate of drug-likeness (QED) is 0.869. The summed E-state index contributed by atoms with van der Waals surface area (Å²) < 4.78 is 25.5. The highest BCUT2D eigenvalue weighted by molar-refractivity contribution is 7.90. The minimum atomic E-state index is -3.43. The molecule has 0 amide bonds. The number of fused-ring (bicyclic) bond motifs is 1. The second kappa shape index (κ2) is 5.05. The van der Waals surface area contributed by atoms with Crippen molar-refractivity contribution < 1.29 is 8.42 Å². The zero-order chi connectivity index (χ0) is 15.2. The van der Waals surface area contributed by atoms with E-state index in [1.807, 2.05) is 0 Å². The predicted molar refractivity (Wildman–Crippen MR) is 79.2 cm³/mol. The van der Waals surface area contributed by atoms with Crippen molar-refractivity contribution in [1.82, 2.24) is 19.6 Å². The molecule has 0 N–H and O–H groups in total. The molecule has 0 aromatic carbocycles. The average molecular weight is 308 g/mol. The molecule has 0 aliphatic heterocycles. The number of hydrogen-bond donors (Lipinski definition) is 0. The molecule has 2 aromatic heterocycles. The summed E-state index contributed by atoms with van der Waals surface area (Å²) in [5.74, 6) is 1.25. The third-order valence-electron chi connectivity index (χ3n) is 4.07. The SMILES string of the molecule is CC(C)c1cnn2c(C3CCCC3)nc(S(C)(=O)=O)nc12. The Labute approximate surface area is 124 Å². The van der Waals surface area contributed by atoms with E-state index in [-0.39, 0.29) is 17.0 Å². The fraction of sp³-hybridized carbons (Fsp3) is 0.643. The van der Waals surface area contributed by atoms with Gasteiger partial charge >= 0.3 is 0 Å². The van der Waals surface area contributed by atoms with Crippen molar-refractivity contribution in [3.05, 3.63) is 17.6 Å². The maximum atomic E-state index is 11.9. The molecular formula is C14H20N4O2S. The van der Waals surface area contributed by atoms with Crippen molar-refractivity contribution in [2.24, 2.45) is 0 Å². The molecule has 1 saturated carbocycles. The summed E-state index contributed by atoms with van der Waals surface area (Å²) >= 11 is 0. The molecule has 1 aliphatic rings. The maximum Gasteiger partial charge on any atom is 0.250 e. The largest absolute Gasteiger partial charge is 0.250 e. The van der Waals surface area contributed by atoms with Crippen LogP contribution in [0.2, 0.25) is 0 Å². The number of rotatable bonds is 3. The van der Waals surface area contributed by atoms with Gasteiger partial charge in [-0.25, -0.2) is 17.9 Å². The van der Waals surface area contributed by atoms with Crippen molar-refractivity contribution in [1.29, 1.82) is 0 Å². The molecule has 0 spiro atoms. The van der Waals surface area contributed by atoms with E-state index in [0.717, 1.165) is 43.3 Å². The summed E-state index contributed by atoms with van der Waals surface area (Å²) in [6, 6.07) is 0. The third-order valence-corrected chi connectivity index (χ3v) is 4.92. The average Bonchev–Trinajstić information content (AvgIpc) is 3.05. The molecule has 0 radical (unpaired) electrons. The van der Waals surface area contributed by atoms with Crippen molar-refractivity contribution >= 4 is 15.5 Å². The van der Waals surface area contributed by atoms with Crippen LogP contribution in [0, 0.1) is 0 Å². The van der Waals surface area contributed by atoms with Gasteiger partial charge in [0.05, 0.1) is 6.20 Å². The van der Waals surface area contributed by atoms with Gasteiger partial charge in [-0.1, -0.05) is 26.7 Å². The zero-order valence-electron chi connectivity index (χ0n) is 12.6. The van der Waals surface area contributed by atoms with Crippen molar-refractivity contribution in [2.45, 2.75) is 56.5 Å². The van der Waals surface area contributed by atoms with Gasteiger partial charge in [-0.05, 0) is 18.8 Å². The summed E-state index contributed by atoms with van der Waals surface area (Å²) in [7, 11) is -3.43. The van der Waals surface area contributed by atoms with E-state index in [1.54, 1.807) is 10.7 Å². The van der Waals surface area contributed by atoms with Crippen LogP contribution < -0.4 is 0 Å². The van der Waals surface area contributed by atoms with Crippen LogP contribution in [0.1, 0.15) is 62.8 Å². The smallest absolute Gasteiger partial charge is 0.221 e. The molecule has 6 nitrogen and oxygen atoms in total. The minimum Gasteiger partial charge on any atom is -0.221 e. The molecule has 2 aromatic rings. The molecule has 0 unspecified atom stereocenters. The summed E-state index contributed by atoms with van der Waals surface area (Å²) in [5.41, 5.74) is 1.59. The van der Waals surface area contributed by atoms with Crippen molar-refractivity contribution in [3.63, 3.8) is 0 Å². The van der Waals surface area contributed by atoms with Crippen LogP contribution in [-0.2, 0) is 9.84 Å². The standard InChI is InChI=1S/C14H20N4O2S/c1-9(2)11-8-15-18-12(10-6-4-5-7-10)16-14(17-13(11)18)21(3,19)20/h8-10H,4-7H2,1-3H3. The van der Waals surface area contributed by atoms with Crippen LogP contribution >= 0.6 is 0 Å². The molecule has 21 heavy (non-hydrogen) atoms. The number of sulfone groups is 1. The molecule has 1 fully saturated rings. The third kappa shape index (κ3) is 2.54. The van der Waals surface area contributed by atoms with Gasteiger partial charge in [0.25, 0.3) is 5.16 Å². The second-order valence-electron chi connectivity index (χ2n) is 6.11. The predicted octanol–water partition coefficient (Wildman–Crippen LogP) is 2.31. The van der Waals surface area contributed by atoms with Gasteiger partial charge in [-0.3, -0.25) is 0 Å². The van der Waals surface area contributed by atoms with Crippen molar-refractivity contribution in [2.75, 3.05) is 6.26 Å². The molecular weight excluding hydrogens is 288 g/mol. The van der Waals surface area contributed by atoms with Crippen LogP contribution in [0.5, 0.6) is 0 Å². The zero-order valence-corrected chi connectivity index (χ0v) is 13.4. The molecule has 7 heteroatoms. The van der Waals surface area contributed by atoms with Gasteiger partial charge in [0.2, 0.25) is 9.84 Å². The lowest BCUT2D eigenvalue weighted by Gasteiger charge is -2.12. The number of aromatic nitrogens is 4. The lowest BCUT2D eigenvalue weighted by atomic mass is 10.1. The van der Waals surface area contributed by atoms with Crippen LogP contribution in [0.3, 0.4) is 0 Å². The van der Waals surface area contributed by atoms with E-state index in [0.29, 0.717) is 5.65 Å². The normalized spacial score (nSPS) is 17.1. The topological polar surface area (TPSA) is 77.2 Å². The summed E-state index contributed by atoms with van der Waals surface area (Å²) in [5, 5.41) is 4.32. The van der Waals surface area contributed by atoms with E-state index in [9.17, 15) is 8.42 Å². The van der Waals surface area contributed by atoms with Crippen LogP contribution in [0.25, 0.3) is 5.65 Å². The van der Waals surface area contributed by atoms with E-state index >= 15 is 0 Å². The number of hydrogen-bond acceptors (Lipinski definition) is 5. The highest BCUT2D eigenvalue weighted by Gasteiger charge is 2.26. The van der Waals surface area contributed by atoms with Gasteiger partial charge in [0.15, 0.2) is 5.65 Å².